The molecule has 4 rings (SSSR count). The quantitative estimate of drug-likeness (QED) is 0.664. The Labute approximate surface area is 154 Å². The summed E-state index contributed by atoms with van der Waals surface area (Å²) < 4.78 is 21.0. The Hall–Kier alpha value is -2.54. The van der Waals surface area contributed by atoms with Crippen LogP contribution in [0, 0.1) is 12.7 Å². The number of aromatic nitrogens is 3. The number of fused-ring (bicyclic) bond motifs is 1. The number of ether oxygens (including phenoxy) is 1. The second-order valence-electron chi connectivity index (χ2n) is 6.57. The number of halogens is 1. The van der Waals surface area contributed by atoms with Crippen molar-refractivity contribution in [3.05, 3.63) is 58.0 Å². The molecule has 1 unspecified atom stereocenters. The van der Waals surface area contributed by atoms with E-state index in [1.807, 2.05) is 19.2 Å². The van der Waals surface area contributed by atoms with Crippen molar-refractivity contribution in [3.63, 3.8) is 0 Å². The molecule has 26 heavy (non-hydrogen) atoms. The smallest absolute Gasteiger partial charge is 0.317 e. The average molecular weight is 371 g/mol. The van der Waals surface area contributed by atoms with E-state index in [0.717, 1.165) is 21.3 Å². The fraction of sp³-hybridized carbons (Fsp3) is 0.316. The first-order chi connectivity index (χ1) is 12.5. The van der Waals surface area contributed by atoms with Crippen molar-refractivity contribution in [2.75, 3.05) is 7.11 Å². The largest absolute Gasteiger partial charge is 0.468 e. The van der Waals surface area contributed by atoms with E-state index < -0.39 is 5.41 Å². The maximum Gasteiger partial charge on any atom is 0.317 e. The van der Waals surface area contributed by atoms with Crippen molar-refractivity contribution in [1.82, 2.24) is 14.8 Å². The summed E-state index contributed by atoms with van der Waals surface area (Å²) in [4.78, 5) is 18.5. The van der Waals surface area contributed by atoms with Crippen LogP contribution in [-0.2, 0) is 34.8 Å². The molecule has 134 valence electrons. The topological polar surface area (TPSA) is 57.0 Å². The van der Waals surface area contributed by atoms with Crippen LogP contribution in [0.15, 0.2) is 30.5 Å². The van der Waals surface area contributed by atoms with Gasteiger partial charge in [-0.05, 0) is 30.2 Å². The molecule has 0 saturated carbocycles. The summed E-state index contributed by atoms with van der Waals surface area (Å²) in [5, 5.41) is 5.06. The van der Waals surface area contributed by atoms with E-state index in [4.69, 9.17) is 9.72 Å². The molecular weight excluding hydrogens is 353 g/mol. The van der Waals surface area contributed by atoms with Gasteiger partial charge >= 0.3 is 5.97 Å². The maximum absolute atomic E-state index is 14.1. The molecule has 0 amide bonds. The van der Waals surface area contributed by atoms with Gasteiger partial charge in [0.05, 0.1) is 18.5 Å². The summed E-state index contributed by atoms with van der Waals surface area (Å²) in [5.41, 5.74) is 2.06. The number of carbonyl (C=O) groups is 1. The zero-order valence-electron chi connectivity index (χ0n) is 14.7. The van der Waals surface area contributed by atoms with Gasteiger partial charge in [-0.25, -0.2) is 9.37 Å². The number of esters is 1. The number of thiazole rings is 1. The van der Waals surface area contributed by atoms with Gasteiger partial charge in [0.2, 0.25) is 0 Å². The standard InChI is InChI=1S/C19H18FN3O2S/c1-11-12(5-4-6-13(11)20)19(18(24)25-3)9-14-16(10-19)26-17(22-14)15-7-8-21-23(15)2/h4-8H,9-10H2,1-3H3. The van der Waals surface area contributed by atoms with Crippen molar-refractivity contribution < 1.29 is 13.9 Å². The summed E-state index contributed by atoms with van der Waals surface area (Å²) in [5.74, 6) is -0.664. The summed E-state index contributed by atoms with van der Waals surface area (Å²) in [7, 11) is 3.25. The molecular formula is C19H18FN3O2S. The van der Waals surface area contributed by atoms with Gasteiger partial charge in [-0.2, -0.15) is 5.10 Å². The van der Waals surface area contributed by atoms with E-state index in [-0.39, 0.29) is 11.8 Å². The van der Waals surface area contributed by atoms with Crippen LogP contribution in [0.1, 0.15) is 21.7 Å². The lowest BCUT2D eigenvalue weighted by Crippen LogP contribution is -2.39. The molecule has 1 atom stereocenters. The summed E-state index contributed by atoms with van der Waals surface area (Å²) in [6, 6.07) is 6.78. The molecule has 3 aromatic rings. The minimum atomic E-state index is -0.917. The fourth-order valence-corrected chi connectivity index (χ4v) is 4.99. The molecule has 1 aromatic carbocycles. The van der Waals surface area contributed by atoms with Gasteiger partial charge in [0.25, 0.3) is 0 Å². The minimum Gasteiger partial charge on any atom is -0.468 e. The molecule has 0 N–H and O–H groups in total. The van der Waals surface area contributed by atoms with Gasteiger partial charge in [0.1, 0.15) is 16.2 Å². The number of methoxy groups -OCH3 is 1. The average Bonchev–Trinajstić information content (AvgIpc) is 3.29. The first kappa shape index (κ1) is 16.9. The molecule has 0 spiro atoms. The lowest BCUT2D eigenvalue weighted by Gasteiger charge is -2.28. The van der Waals surface area contributed by atoms with Gasteiger partial charge < -0.3 is 4.74 Å². The van der Waals surface area contributed by atoms with E-state index >= 15 is 0 Å². The number of hydrogen-bond acceptors (Lipinski definition) is 5. The molecule has 0 aliphatic heterocycles. The first-order valence-corrected chi connectivity index (χ1v) is 9.09. The van der Waals surface area contributed by atoms with Crippen LogP contribution in [0.4, 0.5) is 4.39 Å². The number of carbonyl (C=O) groups excluding carboxylic acids is 1. The highest BCUT2D eigenvalue weighted by molar-refractivity contribution is 7.15. The summed E-state index contributed by atoms with van der Waals surface area (Å²) >= 11 is 1.56. The zero-order valence-corrected chi connectivity index (χ0v) is 15.6. The van der Waals surface area contributed by atoms with Gasteiger partial charge in [-0.1, -0.05) is 12.1 Å². The predicted octanol–water partition coefficient (Wildman–Crippen LogP) is 3.20. The van der Waals surface area contributed by atoms with Crippen molar-refractivity contribution in [1.29, 1.82) is 0 Å². The van der Waals surface area contributed by atoms with E-state index in [2.05, 4.69) is 5.10 Å². The summed E-state index contributed by atoms with van der Waals surface area (Å²) in [6.45, 7) is 1.70. The fourth-order valence-electron chi connectivity index (χ4n) is 3.74. The molecule has 5 nitrogen and oxygen atoms in total. The van der Waals surface area contributed by atoms with Crippen LogP contribution in [0.5, 0.6) is 0 Å². The number of rotatable bonds is 3. The van der Waals surface area contributed by atoms with Gasteiger partial charge in [0.15, 0.2) is 0 Å². The molecule has 1 aliphatic carbocycles. The van der Waals surface area contributed by atoms with E-state index in [9.17, 15) is 9.18 Å². The number of aryl methyl sites for hydroxylation is 1. The molecule has 0 fully saturated rings. The lowest BCUT2D eigenvalue weighted by atomic mass is 9.76. The van der Waals surface area contributed by atoms with Crippen molar-refractivity contribution in [2.45, 2.75) is 25.2 Å². The Kier molecular flexibility index (Phi) is 3.91. The molecule has 7 heteroatoms. The normalized spacial score (nSPS) is 18.8. The molecule has 0 saturated heterocycles. The second-order valence-corrected chi connectivity index (χ2v) is 7.65. The van der Waals surface area contributed by atoms with Crippen LogP contribution in [0.2, 0.25) is 0 Å². The third kappa shape index (κ3) is 2.38. The zero-order chi connectivity index (χ0) is 18.5. The van der Waals surface area contributed by atoms with Crippen molar-refractivity contribution in [2.24, 2.45) is 7.05 Å². The van der Waals surface area contributed by atoms with Crippen LogP contribution in [0.3, 0.4) is 0 Å². The van der Waals surface area contributed by atoms with E-state index in [0.29, 0.717) is 24.0 Å². The Morgan fingerprint density at radius 3 is 2.81 bits per heavy atom. The lowest BCUT2D eigenvalue weighted by molar-refractivity contribution is -0.147. The highest BCUT2D eigenvalue weighted by atomic mass is 32.1. The molecule has 0 radical (unpaired) electrons. The maximum atomic E-state index is 14.1. The van der Waals surface area contributed by atoms with Crippen molar-refractivity contribution in [3.8, 4) is 10.7 Å². The third-order valence-corrected chi connectivity index (χ3v) is 6.23. The van der Waals surface area contributed by atoms with Gasteiger partial charge in [0, 0.05) is 31.0 Å². The summed E-state index contributed by atoms with van der Waals surface area (Å²) in [6.07, 6.45) is 2.61. The van der Waals surface area contributed by atoms with E-state index in [1.165, 1.54) is 13.2 Å². The van der Waals surface area contributed by atoms with Crippen LogP contribution in [-0.4, -0.2) is 27.8 Å². The number of benzene rings is 1. The monoisotopic (exact) mass is 371 g/mol. The number of nitrogens with zero attached hydrogens (tertiary/aromatic N) is 3. The third-order valence-electron chi connectivity index (χ3n) is 5.11. The number of hydrogen-bond donors (Lipinski definition) is 0. The molecule has 2 heterocycles. The molecule has 2 aromatic heterocycles. The Morgan fingerprint density at radius 2 is 2.15 bits per heavy atom. The minimum absolute atomic E-state index is 0.315. The second kappa shape index (κ2) is 6.02. The van der Waals surface area contributed by atoms with Crippen LogP contribution < -0.4 is 0 Å². The predicted molar refractivity (Wildman–Crippen MR) is 96.6 cm³/mol. The Balaban J connectivity index is 1.78. The van der Waals surface area contributed by atoms with E-state index in [1.54, 1.807) is 35.2 Å². The highest BCUT2D eigenvalue weighted by Crippen LogP contribution is 2.45. The molecule has 0 bridgehead atoms. The van der Waals surface area contributed by atoms with Crippen molar-refractivity contribution >= 4 is 17.3 Å². The van der Waals surface area contributed by atoms with Crippen LogP contribution in [0.25, 0.3) is 10.7 Å². The SMILES string of the molecule is COC(=O)C1(c2cccc(F)c2C)Cc2nc(-c3ccnn3C)sc2C1. The van der Waals surface area contributed by atoms with Crippen LogP contribution >= 0.6 is 11.3 Å². The van der Waals surface area contributed by atoms with Gasteiger partial charge in [-0.3, -0.25) is 9.48 Å². The Morgan fingerprint density at radius 1 is 1.35 bits per heavy atom. The highest BCUT2D eigenvalue weighted by Gasteiger charge is 2.49. The Bertz CT molecular complexity index is 985. The van der Waals surface area contributed by atoms with Gasteiger partial charge in [-0.15, -0.1) is 11.3 Å². The molecule has 1 aliphatic rings. The first-order valence-electron chi connectivity index (χ1n) is 8.27.